The summed E-state index contributed by atoms with van der Waals surface area (Å²) < 4.78 is 10.9. The predicted octanol–water partition coefficient (Wildman–Crippen LogP) is 3.47. The van der Waals surface area contributed by atoms with Crippen LogP contribution in [0.4, 0.5) is 10.5 Å². The molecular formula is C18H23Cl3N4O3. The smallest absolute Gasteiger partial charge is 0.322 e. The van der Waals surface area contributed by atoms with Crippen LogP contribution in [0, 0.1) is 0 Å². The van der Waals surface area contributed by atoms with E-state index in [1.807, 2.05) is 12.1 Å². The Kier molecular flexibility index (Phi) is 10.2. The highest BCUT2D eigenvalue weighted by molar-refractivity contribution is 6.30. The first kappa shape index (κ1) is 24.1. The first-order valence-corrected chi connectivity index (χ1v) is 8.69. The number of carbonyl (C=O) groups excluding carboxylic acids is 1. The summed E-state index contributed by atoms with van der Waals surface area (Å²) in [6.07, 6.45) is 3.15. The Morgan fingerprint density at radius 1 is 1.29 bits per heavy atom. The van der Waals surface area contributed by atoms with Gasteiger partial charge in [-0.25, -0.2) is 4.79 Å². The lowest BCUT2D eigenvalue weighted by molar-refractivity contribution is 0.133. The number of piperazine rings is 1. The molecule has 1 aliphatic heterocycles. The summed E-state index contributed by atoms with van der Waals surface area (Å²) >= 11 is 5.92. The highest BCUT2D eigenvalue weighted by Crippen LogP contribution is 2.18. The summed E-state index contributed by atoms with van der Waals surface area (Å²) in [6.45, 7) is 2.35. The second kappa shape index (κ2) is 11.8. The lowest BCUT2D eigenvalue weighted by Crippen LogP contribution is -2.57. The van der Waals surface area contributed by atoms with Crippen molar-refractivity contribution in [1.29, 1.82) is 0 Å². The van der Waals surface area contributed by atoms with Crippen LogP contribution in [0.2, 0.25) is 5.02 Å². The van der Waals surface area contributed by atoms with Gasteiger partial charge in [0.15, 0.2) is 0 Å². The fourth-order valence-electron chi connectivity index (χ4n) is 2.71. The molecule has 0 radical (unpaired) electrons. The van der Waals surface area contributed by atoms with E-state index < -0.39 is 0 Å². The van der Waals surface area contributed by atoms with Crippen LogP contribution < -0.4 is 20.1 Å². The number of anilines is 1. The summed E-state index contributed by atoms with van der Waals surface area (Å²) in [5.74, 6) is 1.32. The van der Waals surface area contributed by atoms with E-state index >= 15 is 0 Å². The van der Waals surface area contributed by atoms with Crippen molar-refractivity contribution in [2.24, 2.45) is 0 Å². The number of pyridine rings is 1. The maximum atomic E-state index is 12.7. The Hall–Kier alpha value is -1.93. The van der Waals surface area contributed by atoms with Gasteiger partial charge in [0, 0.05) is 37.6 Å². The molecule has 1 atom stereocenters. The molecule has 1 aromatic carbocycles. The number of hydrogen-bond donors (Lipinski definition) is 2. The minimum Gasteiger partial charge on any atom is -0.497 e. The molecule has 1 aromatic heterocycles. The third-order valence-corrected chi connectivity index (χ3v) is 4.28. The number of nitrogens with one attached hydrogen (secondary N) is 2. The zero-order valence-electron chi connectivity index (χ0n) is 15.3. The molecule has 3 rings (SSSR count). The molecule has 0 spiro atoms. The minimum atomic E-state index is -0.158. The molecule has 2 N–H and O–H groups in total. The maximum absolute atomic E-state index is 12.7. The highest BCUT2D eigenvalue weighted by atomic mass is 35.5. The Labute approximate surface area is 181 Å². The van der Waals surface area contributed by atoms with E-state index in [9.17, 15) is 4.79 Å². The van der Waals surface area contributed by atoms with Crippen molar-refractivity contribution >= 4 is 48.1 Å². The Morgan fingerprint density at radius 2 is 2.04 bits per heavy atom. The summed E-state index contributed by atoms with van der Waals surface area (Å²) in [6, 6.07) is 8.67. The van der Waals surface area contributed by atoms with Crippen molar-refractivity contribution < 1.29 is 14.3 Å². The molecule has 10 heteroatoms. The van der Waals surface area contributed by atoms with Crippen molar-refractivity contribution in [3.05, 3.63) is 47.7 Å². The Balaban J connectivity index is 0.00000196. The second-order valence-corrected chi connectivity index (χ2v) is 6.30. The van der Waals surface area contributed by atoms with Crippen molar-refractivity contribution in [1.82, 2.24) is 15.2 Å². The quantitative estimate of drug-likeness (QED) is 0.731. The number of ether oxygens (including phenoxy) is 2. The van der Waals surface area contributed by atoms with Crippen LogP contribution in [0.3, 0.4) is 0 Å². The number of nitrogens with zero attached hydrogens (tertiary/aromatic N) is 2. The maximum Gasteiger partial charge on any atom is 0.322 e. The van der Waals surface area contributed by atoms with Gasteiger partial charge in [-0.1, -0.05) is 11.6 Å². The fourth-order valence-corrected chi connectivity index (χ4v) is 2.87. The Morgan fingerprint density at radius 3 is 2.71 bits per heavy atom. The van der Waals surface area contributed by atoms with Gasteiger partial charge in [0.1, 0.15) is 18.1 Å². The van der Waals surface area contributed by atoms with Gasteiger partial charge in [0.25, 0.3) is 0 Å². The first-order valence-electron chi connectivity index (χ1n) is 8.31. The normalized spacial score (nSPS) is 15.6. The molecule has 1 aliphatic rings. The van der Waals surface area contributed by atoms with E-state index in [0.717, 1.165) is 12.3 Å². The SMILES string of the molecule is COc1ccc(NC(=O)N2CCNCC2COc2cncc(Cl)c2)cc1.Cl.Cl. The van der Waals surface area contributed by atoms with Gasteiger partial charge in [-0.15, -0.1) is 24.8 Å². The average molecular weight is 450 g/mol. The van der Waals surface area contributed by atoms with E-state index in [2.05, 4.69) is 15.6 Å². The average Bonchev–Trinajstić information content (AvgIpc) is 2.67. The molecule has 1 fully saturated rings. The van der Waals surface area contributed by atoms with Crippen LogP contribution in [-0.2, 0) is 0 Å². The van der Waals surface area contributed by atoms with E-state index in [-0.39, 0.29) is 36.9 Å². The predicted molar refractivity (Wildman–Crippen MR) is 115 cm³/mol. The van der Waals surface area contributed by atoms with Crippen molar-refractivity contribution in [2.45, 2.75) is 6.04 Å². The molecule has 0 saturated carbocycles. The molecule has 28 heavy (non-hydrogen) atoms. The summed E-state index contributed by atoms with van der Waals surface area (Å²) in [5.41, 5.74) is 0.716. The van der Waals surface area contributed by atoms with Crippen LogP contribution in [0.25, 0.3) is 0 Å². The number of benzene rings is 1. The monoisotopic (exact) mass is 448 g/mol. The van der Waals surface area contributed by atoms with Crippen molar-refractivity contribution in [3.63, 3.8) is 0 Å². The van der Waals surface area contributed by atoms with Gasteiger partial charge < -0.3 is 25.0 Å². The summed E-state index contributed by atoms with van der Waals surface area (Å²) in [7, 11) is 1.61. The van der Waals surface area contributed by atoms with Crippen LogP contribution >= 0.6 is 36.4 Å². The number of amides is 2. The van der Waals surface area contributed by atoms with E-state index in [1.54, 1.807) is 42.6 Å². The topological polar surface area (TPSA) is 75.7 Å². The molecule has 154 valence electrons. The van der Waals surface area contributed by atoms with Gasteiger partial charge in [0.2, 0.25) is 0 Å². The lowest BCUT2D eigenvalue weighted by atomic mass is 10.2. The lowest BCUT2D eigenvalue weighted by Gasteiger charge is -2.35. The van der Waals surface area contributed by atoms with E-state index in [1.165, 1.54) is 0 Å². The molecule has 2 aromatic rings. The van der Waals surface area contributed by atoms with Gasteiger partial charge in [-0.05, 0) is 24.3 Å². The molecular weight excluding hydrogens is 427 g/mol. The minimum absolute atomic E-state index is 0. The van der Waals surface area contributed by atoms with E-state index in [4.69, 9.17) is 21.1 Å². The summed E-state index contributed by atoms with van der Waals surface area (Å²) in [5, 5.41) is 6.71. The summed E-state index contributed by atoms with van der Waals surface area (Å²) in [4.78, 5) is 18.4. The van der Waals surface area contributed by atoms with Gasteiger partial charge in [-0.2, -0.15) is 0 Å². The molecule has 1 unspecified atom stereocenters. The highest BCUT2D eigenvalue weighted by Gasteiger charge is 2.27. The standard InChI is InChI=1S/C18H21ClN4O3.2ClH/c1-25-16-4-2-14(3-5-16)22-18(24)23-7-6-20-10-15(23)12-26-17-8-13(19)9-21-11-17;;/h2-5,8-9,11,15,20H,6-7,10,12H2,1H3,(H,22,24);2*1H. The zero-order chi connectivity index (χ0) is 18.4. The first-order chi connectivity index (χ1) is 12.7. The fraction of sp³-hybridized carbons (Fsp3) is 0.333. The molecule has 0 aliphatic carbocycles. The number of hydrogen-bond acceptors (Lipinski definition) is 5. The van der Waals surface area contributed by atoms with Crippen molar-refractivity contribution in [3.8, 4) is 11.5 Å². The van der Waals surface area contributed by atoms with Crippen LogP contribution in [0.5, 0.6) is 11.5 Å². The molecule has 2 amide bonds. The van der Waals surface area contributed by atoms with Crippen LogP contribution in [-0.4, -0.2) is 55.3 Å². The number of carbonyl (C=O) groups is 1. The largest absolute Gasteiger partial charge is 0.497 e. The molecule has 1 saturated heterocycles. The molecule has 2 heterocycles. The third-order valence-electron chi connectivity index (χ3n) is 4.07. The van der Waals surface area contributed by atoms with Crippen LogP contribution in [0.15, 0.2) is 42.7 Å². The third kappa shape index (κ3) is 6.60. The number of urea groups is 1. The molecule has 0 bridgehead atoms. The van der Waals surface area contributed by atoms with Gasteiger partial charge >= 0.3 is 6.03 Å². The van der Waals surface area contributed by atoms with Crippen molar-refractivity contribution in [2.75, 3.05) is 38.7 Å². The number of halogens is 3. The Bertz CT molecular complexity index is 749. The second-order valence-electron chi connectivity index (χ2n) is 5.86. The zero-order valence-corrected chi connectivity index (χ0v) is 17.6. The number of methoxy groups -OCH3 is 1. The number of aromatic nitrogens is 1. The molecule has 7 nitrogen and oxygen atoms in total. The van der Waals surface area contributed by atoms with Gasteiger partial charge in [-0.3, -0.25) is 4.98 Å². The van der Waals surface area contributed by atoms with Gasteiger partial charge in [0.05, 0.1) is 24.4 Å². The van der Waals surface area contributed by atoms with Crippen LogP contribution in [0.1, 0.15) is 0 Å². The number of rotatable bonds is 5. The van der Waals surface area contributed by atoms with E-state index in [0.29, 0.717) is 36.2 Å².